The fourth-order valence-corrected chi connectivity index (χ4v) is 3.15. The number of piperazine rings is 1. The molecule has 110 valence electrons. The predicted octanol–water partition coefficient (Wildman–Crippen LogP) is 1.45. The van der Waals surface area contributed by atoms with E-state index < -0.39 is 11.6 Å². The molecule has 0 saturated carbocycles. The summed E-state index contributed by atoms with van der Waals surface area (Å²) in [7, 11) is 0. The van der Waals surface area contributed by atoms with Crippen LogP contribution in [0.5, 0.6) is 0 Å². The van der Waals surface area contributed by atoms with Crippen LogP contribution in [-0.2, 0) is 16.0 Å². The first-order valence-electron chi connectivity index (χ1n) is 6.83. The number of rotatable bonds is 4. The summed E-state index contributed by atoms with van der Waals surface area (Å²) < 4.78 is 0. The topological polar surface area (TPSA) is 62.3 Å². The van der Waals surface area contributed by atoms with Crippen molar-refractivity contribution in [1.29, 1.82) is 0 Å². The van der Waals surface area contributed by atoms with Crippen LogP contribution in [0, 0.1) is 5.92 Å². The lowest BCUT2D eigenvalue weighted by molar-refractivity contribution is -0.155. The van der Waals surface area contributed by atoms with E-state index in [0.29, 0.717) is 13.0 Å². The third kappa shape index (κ3) is 2.85. The molecule has 2 amide bonds. The Labute approximate surface area is 123 Å². The number of nitrogens with zero attached hydrogens (tertiary/aromatic N) is 2. The van der Waals surface area contributed by atoms with Crippen molar-refractivity contribution in [3.63, 3.8) is 0 Å². The number of hydrogen-bond donors (Lipinski definition) is 1. The smallest absolute Gasteiger partial charge is 0.248 e. The Kier molecular flexibility index (Phi) is 4.13. The standard InChI is InChI=1S/C14H21N3O2S/c1-9(2)11-12(18)16-14(3,4)13(19)17(11)6-5-10-7-20-8-15-10/h7-9,11H,5-6H2,1-4H3,(H,16,18). The highest BCUT2D eigenvalue weighted by molar-refractivity contribution is 7.07. The van der Waals surface area contributed by atoms with Gasteiger partial charge in [0.05, 0.1) is 11.2 Å². The summed E-state index contributed by atoms with van der Waals surface area (Å²) in [4.78, 5) is 30.8. The quantitative estimate of drug-likeness (QED) is 0.914. The number of thiazole rings is 1. The van der Waals surface area contributed by atoms with Gasteiger partial charge in [-0.2, -0.15) is 0 Å². The van der Waals surface area contributed by atoms with Gasteiger partial charge in [0.25, 0.3) is 0 Å². The van der Waals surface area contributed by atoms with Gasteiger partial charge in [0.15, 0.2) is 0 Å². The summed E-state index contributed by atoms with van der Waals surface area (Å²) in [5, 5.41) is 4.79. The molecule has 1 aliphatic heterocycles. The predicted molar refractivity (Wildman–Crippen MR) is 78.4 cm³/mol. The lowest BCUT2D eigenvalue weighted by Gasteiger charge is -2.44. The van der Waals surface area contributed by atoms with Crippen LogP contribution >= 0.6 is 11.3 Å². The molecule has 2 heterocycles. The second-order valence-electron chi connectivity index (χ2n) is 6.03. The molecule has 2 rings (SSSR count). The summed E-state index contributed by atoms with van der Waals surface area (Å²) in [5.41, 5.74) is 1.92. The molecule has 1 aromatic rings. The summed E-state index contributed by atoms with van der Waals surface area (Å²) in [6.07, 6.45) is 0.682. The third-order valence-corrected chi connectivity index (χ3v) is 4.19. The highest BCUT2D eigenvalue weighted by atomic mass is 32.1. The molecule has 1 aromatic heterocycles. The molecule has 1 unspecified atom stereocenters. The monoisotopic (exact) mass is 295 g/mol. The molecule has 1 aliphatic rings. The zero-order valence-electron chi connectivity index (χ0n) is 12.3. The molecular formula is C14H21N3O2S. The summed E-state index contributed by atoms with van der Waals surface area (Å²) in [5.74, 6) is -0.000564. The zero-order valence-corrected chi connectivity index (χ0v) is 13.2. The second-order valence-corrected chi connectivity index (χ2v) is 6.75. The molecule has 5 nitrogen and oxygen atoms in total. The van der Waals surface area contributed by atoms with E-state index in [1.54, 1.807) is 35.6 Å². The maximum atomic E-state index is 12.6. The maximum absolute atomic E-state index is 12.6. The van der Waals surface area contributed by atoms with Crippen LogP contribution in [0.25, 0.3) is 0 Å². The number of carbonyl (C=O) groups is 2. The van der Waals surface area contributed by atoms with Crippen LogP contribution in [0.4, 0.5) is 0 Å². The van der Waals surface area contributed by atoms with E-state index >= 15 is 0 Å². The Bertz CT molecular complexity index is 497. The molecule has 0 aliphatic carbocycles. The van der Waals surface area contributed by atoms with Crippen molar-refractivity contribution < 1.29 is 9.59 Å². The van der Waals surface area contributed by atoms with Crippen LogP contribution in [0.2, 0.25) is 0 Å². The Morgan fingerprint density at radius 3 is 2.70 bits per heavy atom. The highest BCUT2D eigenvalue weighted by Crippen LogP contribution is 2.23. The van der Waals surface area contributed by atoms with Gasteiger partial charge in [-0.3, -0.25) is 9.59 Å². The molecular weight excluding hydrogens is 274 g/mol. The Morgan fingerprint density at radius 1 is 1.45 bits per heavy atom. The molecule has 1 atom stereocenters. The minimum atomic E-state index is -0.829. The Hall–Kier alpha value is -1.43. The number of nitrogens with one attached hydrogen (secondary N) is 1. The van der Waals surface area contributed by atoms with Gasteiger partial charge in [-0.05, 0) is 19.8 Å². The number of amides is 2. The molecule has 1 fully saturated rings. The SMILES string of the molecule is CC(C)C1C(=O)NC(C)(C)C(=O)N1CCc1cscn1. The Balaban J connectivity index is 2.18. The van der Waals surface area contributed by atoms with Crippen molar-refractivity contribution in [3.05, 3.63) is 16.6 Å². The minimum Gasteiger partial charge on any atom is -0.340 e. The first kappa shape index (κ1) is 15.0. The van der Waals surface area contributed by atoms with E-state index in [1.165, 1.54) is 0 Å². The summed E-state index contributed by atoms with van der Waals surface area (Å²) in [6.45, 7) is 7.96. The van der Waals surface area contributed by atoms with Gasteiger partial charge in [0.2, 0.25) is 11.8 Å². The largest absolute Gasteiger partial charge is 0.340 e. The van der Waals surface area contributed by atoms with Crippen molar-refractivity contribution in [2.24, 2.45) is 5.92 Å². The normalized spacial score (nSPS) is 22.2. The minimum absolute atomic E-state index is 0.0222. The molecule has 0 aromatic carbocycles. The number of carbonyl (C=O) groups excluding carboxylic acids is 2. The van der Waals surface area contributed by atoms with Gasteiger partial charge >= 0.3 is 0 Å². The molecule has 6 heteroatoms. The Morgan fingerprint density at radius 2 is 2.15 bits per heavy atom. The lowest BCUT2D eigenvalue weighted by atomic mass is 9.91. The molecule has 1 saturated heterocycles. The van der Waals surface area contributed by atoms with Gasteiger partial charge < -0.3 is 10.2 Å². The van der Waals surface area contributed by atoms with E-state index in [9.17, 15) is 9.59 Å². The molecule has 1 N–H and O–H groups in total. The van der Waals surface area contributed by atoms with Crippen LogP contribution in [0.1, 0.15) is 33.4 Å². The van der Waals surface area contributed by atoms with Gasteiger partial charge in [0.1, 0.15) is 11.6 Å². The van der Waals surface area contributed by atoms with Gasteiger partial charge in [-0.1, -0.05) is 13.8 Å². The maximum Gasteiger partial charge on any atom is 0.248 e. The lowest BCUT2D eigenvalue weighted by Crippen LogP contribution is -2.69. The van der Waals surface area contributed by atoms with Gasteiger partial charge in [0, 0.05) is 18.3 Å². The van der Waals surface area contributed by atoms with Crippen LogP contribution in [-0.4, -0.2) is 39.8 Å². The van der Waals surface area contributed by atoms with Crippen LogP contribution in [0.15, 0.2) is 10.9 Å². The van der Waals surface area contributed by atoms with Gasteiger partial charge in [-0.15, -0.1) is 11.3 Å². The molecule has 0 radical (unpaired) electrons. The second kappa shape index (κ2) is 5.52. The molecule has 0 bridgehead atoms. The fraction of sp³-hybridized carbons (Fsp3) is 0.643. The first-order chi connectivity index (χ1) is 9.33. The van der Waals surface area contributed by atoms with Crippen molar-refractivity contribution in [2.75, 3.05) is 6.54 Å². The third-order valence-electron chi connectivity index (χ3n) is 3.56. The van der Waals surface area contributed by atoms with E-state index in [2.05, 4.69) is 10.3 Å². The van der Waals surface area contributed by atoms with Crippen LogP contribution < -0.4 is 5.32 Å². The fourth-order valence-electron chi connectivity index (χ4n) is 2.56. The van der Waals surface area contributed by atoms with Gasteiger partial charge in [-0.25, -0.2) is 4.98 Å². The average molecular weight is 295 g/mol. The average Bonchev–Trinajstić information content (AvgIpc) is 2.83. The van der Waals surface area contributed by atoms with Crippen molar-refractivity contribution >= 4 is 23.2 Å². The van der Waals surface area contributed by atoms with Crippen molar-refractivity contribution in [3.8, 4) is 0 Å². The first-order valence-corrected chi connectivity index (χ1v) is 7.77. The van der Waals surface area contributed by atoms with Crippen molar-refractivity contribution in [2.45, 2.75) is 45.7 Å². The van der Waals surface area contributed by atoms with E-state index in [1.807, 2.05) is 19.2 Å². The highest BCUT2D eigenvalue weighted by Gasteiger charge is 2.45. The number of hydrogen-bond acceptors (Lipinski definition) is 4. The number of aromatic nitrogens is 1. The van der Waals surface area contributed by atoms with E-state index in [-0.39, 0.29) is 17.7 Å². The summed E-state index contributed by atoms with van der Waals surface area (Å²) in [6, 6.07) is -0.394. The van der Waals surface area contributed by atoms with E-state index in [0.717, 1.165) is 5.69 Å². The molecule has 20 heavy (non-hydrogen) atoms. The van der Waals surface area contributed by atoms with E-state index in [4.69, 9.17) is 0 Å². The molecule has 0 spiro atoms. The summed E-state index contributed by atoms with van der Waals surface area (Å²) >= 11 is 1.54. The van der Waals surface area contributed by atoms with Crippen LogP contribution in [0.3, 0.4) is 0 Å². The zero-order chi connectivity index (χ0) is 14.9. The van der Waals surface area contributed by atoms with Crippen molar-refractivity contribution in [1.82, 2.24) is 15.2 Å².